The van der Waals surface area contributed by atoms with E-state index in [0.717, 1.165) is 19.4 Å². The van der Waals surface area contributed by atoms with Crippen molar-refractivity contribution in [1.82, 2.24) is 10.3 Å². The second kappa shape index (κ2) is 5.47. The standard InChI is InChI=1S/C12H16ClN3O/c1-8-5-6-14-9(7-8)12(17)16-11-4-2-3-10(13)15-11/h2-4,8-9,14H,5-7H2,1H3,(H,15,16,17). The van der Waals surface area contributed by atoms with Gasteiger partial charge >= 0.3 is 0 Å². The molecule has 4 nitrogen and oxygen atoms in total. The van der Waals surface area contributed by atoms with Crippen molar-refractivity contribution >= 4 is 23.3 Å². The second-order valence-corrected chi connectivity index (χ2v) is 4.86. The number of rotatable bonds is 2. The molecule has 2 rings (SSSR count). The number of nitrogens with one attached hydrogen (secondary N) is 2. The number of halogens is 1. The number of anilines is 1. The first kappa shape index (κ1) is 12.3. The lowest BCUT2D eigenvalue weighted by Gasteiger charge is -2.27. The summed E-state index contributed by atoms with van der Waals surface area (Å²) in [4.78, 5) is 16.0. The Kier molecular flexibility index (Phi) is 3.97. The van der Waals surface area contributed by atoms with E-state index in [4.69, 9.17) is 11.6 Å². The summed E-state index contributed by atoms with van der Waals surface area (Å²) in [5, 5.41) is 6.37. The number of carbonyl (C=O) groups is 1. The zero-order valence-corrected chi connectivity index (χ0v) is 10.5. The van der Waals surface area contributed by atoms with E-state index in [1.165, 1.54) is 0 Å². The third kappa shape index (κ3) is 3.41. The Morgan fingerprint density at radius 1 is 1.59 bits per heavy atom. The van der Waals surface area contributed by atoms with E-state index < -0.39 is 0 Å². The number of piperidine rings is 1. The number of hydrogen-bond acceptors (Lipinski definition) is 3. The molecule has 0 aliphatic carbocycles. The van der Waals surface area contributed by atoms with Gasteiger partial charge in [-0.15, -0.1) is 0 Å². The molecule has 2 heterocycles. The molecule has 2 N–H and O–H groups in total. The first-order valence-corrected chi connectivity index (χ1v) is 6.20. The third-order valence-corrected chi connectivity index (χ3v) is 3.16. The van der Waals surface area contributed by atoms with Gasteiger partial charge in [-0.1, -0.05) is 24.6 Å². The van der Waals surface area contributed by atoms with Crippen LogP contribution in [0.2, 0.25) is 5.15 Å². The van der Waals surface area contributed by atoms with Crippen LogP contribution in [0.5, 0.6) is 0 Å². The Bertz CT molecular complexity index is 410. The predicted molar refractivity (Wildman–Crippen MR) is 68.1 cm³/mol. The zero-order valence-electron chi connectivity index (χ0n) is 9.74. The molecule has 2 unspecified atom stereocenters. The minimum Gasteiger partial charge on any atom is -0.309 e. The Balaban J connectivity index is 1.96. The van der Waals surface area contributed by atoms with Crippen LogP contribution in [0.25, 0.3) is 0 Å². The van der Waals surface area contributed by atoms with Crippen LogP contribution in [0.3, 0.4) is 0 Å². The van der Waals surface area contributed by atoms with Crippen LogP contribution in [-0.2, 0) is 4.79 Å². The molecule has 0 bridgehead atoms. The minimum atomic E-state index is -0.125. The monoisotopic (exact) mass is 253 g/mol. The molecule has 1 saturated heterocycles. The van der Waals surface area contributed by atoms with E-state index in [1.807, 2.05) is 0 Å². The summed E-state index contributed by atoms with van der Waals surface area (Å²) in [5.41, 5.74) is 0. The van der Waals surface area contributed by atoms with Crippen molar-refractivity contribution in [3.8, 4) is 0 Å². The molecule has 1 amide bonds. The number of amides is 1. The van der Waals surface area contributed by atoms with E-state index in [9.17, 15) is 4.79 Å². The largest absolute Gasteiger partial charge is 0.309 e. The number of nitrogens with zero attached hydrogens (tertiary/aromatic N) is 1. The van der Waals surface area contributed by atoms with E-state index in [1.54, 1.807) is 18.2 Å². The fraction of sp³-hybridized carbons (Fsp3) is 0.500. The maximum atomic E-state index is 12.0. The lowest BCUT2D eigenvalue weighted by molar-refractivity contribution is -0.119. The SMILES string of the molecule is CC1CCNC(C(=O)Nc2cccc(Cl)n2)C1. The first-order chi connectivity index (χ1) is 8.15. The average Bonchev–Trinajstić information content (AvgIpc) is 2.29. The molecular formula is C12H16ClN3O. The minimum absolute atomic E-state index is 0.0358. The Morgan fingerprint density at radius 2 is 2.41 bits per heavy atom. The normalized spacial score (nSPS) is 24.4. The molecule has 5 heteroatoms. The maximum Gasteiger partial charge on any atom is 0.242 e. The third-order valence-electron chi connectivity index (χ3n) is 2.95. The lowest BCUT2D eigenvalue weighted by atomic mass is 9.94. The van der Waals surface area contributed by atoms with E-state index in [2.05, 4.69) is 22.5 Å². The van der Waals surface area contributed by atoms with Crippen LogP contribution in [0.4, 0.5) is 5.82 Å². The van der Waals surface area contributed by atoms with Gasteiger partial charge in [-0.05, 0) is 37.4 Å². The van der Waals surface area contributed by atoms with Crippen LogP contribution < -0.4 is 10.6 Å². The molecule has 17 heavy (non-hydrogen) atoms. The Hall–Kier alpha value is -1.13. The van der Waals surface area contributed by atoms with Crippen molar-refractivity contribution in [3.63, 3.8) is 0 Å². The number of hydrogen-bond donors (Lipinski definition) is 2. The van der Waals surface area contributed by atoms with Crippen LogP contribution in [0.1, 0.15) is 19.8 Å². The summed E-state index contributed by atoms with van der Waals surface area (Å²) in [6, 6.07) is 5.05. The smallest absolute Gasteiger partial charge is 0.242 e. The Labute approximate surface area is 106 Å². The van der Waals surface area contributed by atoms with Crippen molar-refractivity contribution in [3.05, 3.63) is 23.4 Å². The highest BCUT2D eigenvalue weighted by Crippen LogP contribution is 2.16. The zero-order chi connectivity index (χ0) is 12.3. The molecule has 0 saturated carbocycles. The van der Waals surface area contributed by atoms with Gasteiger partial charge in [-0.3, -0.25) is 4.79 Å². The molecule has 0 spiro atoms. The summed E-state index contributed by atoms with van der Waals surface area (Å²) < 4.78 is 0. The number of pyridine rings is 1. The van der Waals surface area contributed by atoms with Gasteiger partial charge in [0, 0.05) is 0 Å². The van der Waals surface area contributed by atoms with Crippen molar-refractivity contribution in [2.45, 2.75) is 25.8 Å². The lowest BCUT2D eigenvalue weighted by Crippen LogP contribution is -2.45. The molecule has 0 aromatic carbocycles. The average molecular weight is 254 g/mol. The molecule has 1 aromatic rings. The molecule has 1 aromatic heterocycles. The molecule has 2 atom stereocenters. The Morgan fingerprint density at radius 3 is 3.12 bits per heavy atom. The predicted octanol–water partition coefficient (Wildman–Crippen LogP) is 2.06. The van der Waals surface area contributed by atoms with E-state index >= 15 is 0 Å². The van der Waals surface area contributed by atoms with Crippen LogP contribution in [-0.4, -0.2) is 23.5 Å². The van der Waals surface area contributed by atoms with Crippen molar-refractivity contribution < 1.29 is 4.79 Å². The molecule has 1 fully saturated rings. The maximum absolute atomic E-state index is 12.0. The van der Waals surface area contributed by atoms with Crippen molar-refractivity contribution in [1.29, 1.82) is 0 Å². The summed E-state index contributed by atoms with van der Waals surface area (Å²) in [5.74, 6) is 1.05. The van der Waals surface area contributed by atoms with Gasteiger partial charge in [0.15, 0.2) is 0 Å². The summed E-state index contributed by atoms with van der Waals surface area (Å²) >= 11 is 5.76. The molecule has 92 valence electrons. The van der Waals surface area contributed by atoms with Crippen LogP contribution in [0, 0.1) is 5.92 Å². The summed E-state index contributed by atoms with van der Waals surface area (Å²) in [7, 11) is 0. The number of aromatic nitrogens is 1. The van der Waals surface area contributed by atoms with Crippen LogP contribution in [0.15, 0.2) is 18.2 Å². The number of carbonyl (C=O) groups excluding carboxylic acids is 1. The van der Waals surface area contributed by atoms with E-state index in [-0.39, 0.29) is 11.9 Å². The fourth-order valence-electron chi connectivity index (χ4n) is 2.00. The van der Waals surface area contributed by atoms with E-state index in [0.29, 0.717) is 16.9 Å². The molecule has 0 radical (unpaired) electrons. The highest BCUT2D eigenvalue weighted by atomic mass is 35.5. The van der Waals surface area contributed by atoms with Gasteiger partial charge in [0.2, 0.25) is 5.91 Å². The summed E-state index contributed by atoms with van der Waals surface area (Å²) in [6.07, 6.45) is 1.99. The van der Waals surface area contributed by atoms with Crippen molar-refractivity contribution in [2.24, 2.45) is 5.92 Å². The first-order valence-electron chi connectivity index (χ1n) is 5.82. The van der Waals surface area contributed by atoms with Gasteiger partial charge in [0.1, 0.15) is 11.0 Å². The van der Waals surface area contributed by atoms with Crippen LogP contribution >= 0.6 is 11.6 Å². The topological polar surface area (TPSA) is 54.0 Å². The van der Waals surface area contributed by atoms with Gasteiger partial charge in [0.25, 0.3) is 0 Å². The quantitative estimate of drug-likeness (QED) is 0.794. The highest BCUT2D eigenvalue weighted by molar-refractivity contribution is 6.29. The molecule has 1 aliphatic rings. The molecule has 1 aliphatic heterocycles. The van der Waals surface area contributed by atoms with Crippen molar-refractivity contribution in [2.75, 3.05) is 11.9 Å². The van der Waals surface area contributed by atoms with Gasteiger partial charge in [0.05, 0.1) is 6.04 Å². The second-order valence-electron chi connectivity index (χ2n) is 4.47. The summed E-state index contributed by atoms with van der Waals surface area (Å²) in [6.45, 7) is 3.06. The van der Waals surface area contributed by atoms with Gasteiger partial charge < -0.3 is 10.6 Å². The highest BCUT2D eigenvalue weighted by Gasteiger charge is 2.24. The fourth-order valence-corrected chi connectivity index (χ4v) is 2.16. The van der Waals surface area contributed by atoms with Gasteiger partial charge in [-0.25, -0.2) is 4.98 Å². The molecular weight excluding hydrogens is 238 g/mol. The van der Waals surface area contributed by atoms with Gasteiger partial charge in [-0.2, -0.15) is 0 Å².